The van der Waals surface area contributed by atoms with Gasteiger partial charge in [0.1, 0.15) is 22.8 Å². The number of para-hydroxylation sites is 1. The summed E-state index contributed by atoms with van der Waals surface area (Å²) in [6.45, 7) is 1.69. The van der Waals surface area contributed by atoms with Crippen LogP contribution in [-0.2, 0) is 4.79 Å². The van der Waals surface area contributed by atoms with Crippen LogP contribution in [0, 0.1) is 11.3 Å². The van der Waals surface area contributed by atoms with Crippen LogP contribution in [-0.4, -0.2) is 17.6 Å². The number of nitriles is 1. The highest BCUT2D eigenvalue weighted by atomic mass is 16.5. The first-order valence-corrected chi connectivity index (χ1v) is 9.33. The number of carbonyl (C=O) groups excluding carboxylic acids is 1. The molecule has 0 bridgehead atoms. The van der Waals surface area contributed by atoms with Crippen molar-refractivity contribution in [1.82, 2.24) is 5.32 Å². The molecule has 1 fully saturated rings. The molecule has 1 saturated carbocycles. The van der Waals surface area contributed by atoms with Gasteiger partial charge in [0.2, 0.25) is 0 Å². The van der Waals surface area contributed by atoms with Gasteiger partial charge in [0.15, 0.2) is 6.10 Å². The van der Waals surface area contributed by atoms with E-state index in [0.717, 1.165) is 25.0 Å². The fraction of sp³-hybridized carbons (Fsp3) is 0.364. The lowest BCUT2D eigenvalue weighted by Crippen LogP contribution is -2.52. The number of rotatable bonds is 6. The number of carbonyl (C=O) groups is 1. The van der Waals surface area contributed by atoms with Crippen LogP contribution >= 0.6 is 0 Å². The molecule has 0 aromatic heterocycles. The van der Waals surface area contributed by atoms with Crippen molar-refractivity contribution in [2.75, 3.05) is 0 Å². The Labute approximate surface area is 159 Å². The largest absolute Gasteiger partial charge is 0.481 e. The zero-order valence-electron chi connectivity index (χ0n) is 15.5. The Morgan fingerprint density at radius 1 is 1.00 bits per heavy atom. The number of hydrogen-bond donors (Lipinski definition) is 1. The first kappa shape index (κ1) is 18.8. The van der Waals surface area contributed by atoms with Gasteiger partial charge in [-0.2, -0.15) is 5.26 Å². The van der Waals surface area contributed by atoms with Crippen molar-refractivity contribution in [2.45, 2.75) is 50.7 Å². The number of amides is 1. The first-order chi connectivity index (χ1) is 13.1. The summed E-state index contributed by atoms with van der Waals surface area (Å²) in [5.41, 5.74) is -0.750. The van der Waals surface area contributed by atoms with E-state index in [9.17, 15) is 10.1 Å². The second kappa shape index (κ2) is 8.59. The smallest absolute Gasteiger partial charge is 0.262 e. The lowest BCUT2D eigenvalue weighted by molar-refractivity contribution is -0.129. The predicted octanol–water partition coefficient (Wildman–Crippen LogP) is 4.59. The van der Waals surface area contributed by atoms with Gasteiger partial charge in [-0.3, -0.25) is 4.79 Å². The molecule has 5 nitrogen and oxygen atoms in total. The van der Waals surface area contributed by atoms with E-state index in [4.69, 9.17) is 9.47 Å². The van der Waals surface area contributed by atoms with Crippen LogP contribution in [0.1, 0.15) is 39.0 Å². The van der Waals surface area contributed by atoms with Crippen LogP contribution < -0.4 is 14.8 Å². The summed E-state index contributed by atoms with van der Waals surface area (Å²) >= 11 is 0. The number of nitrogens with one attached hydrogen (secondary N) is 1. The fourth-order valence-corrected chi connectivity index (χ4v) is 3.23. The maximum atomic E-state index is 12.5. The standard InChI is InChI=1S/C22H24N2O3/c1-17(21(25)24-22(16-23)14-6-3-7-15-22)26-19-10-12-20(13-11-19)27-18-8-4-2-5-9-18/h2,4-5,8-13,17H,3,6-7,14-15H2,1H3,(H,24,25)/t17-/m1/s1. The minimum absolute atomic E-state index is 0.261. The minimum atomic E-state index is -0.750. The molecule has 0 heterocycles. The summed E-state index contributed by atoms with van der Waals surface area (Å²) in [4.78, 5) is 12.5. The molecule has 140 valence electrons. The van der Waals surface area contributed by atoms with E-state index in [2.05, 4.69) is 11.4 Å². The Kier molecular flexibility index (Phi) is 5.97. The molecule has 5 heteroatoms. The third-order valence-corrected chi connectivity index (χ3v) is 4.77. The fourth-order valence-electron chi connectivity index (χ4n) is 3.23. The van der Waals surface area contributed by atoms with Crippen molar-refractivity contribution in [3.63, 3.8) is 0 Å². The molecular formula is C22H24N2O3. The van der Waals surface area contributed by atoms with Crippen molar-refractivity contribution >= 4 is 5.91 Å². The zero-order valence-corrected chi connectivity index (χ0v) is 15.5. The molecule has 0 radical (unpaired) electrons. The van der Waals surface area contributed by atoms with Crippen LogP contribution in [0.5, 0.6) is 17.2 Å². The summed E-state index contributed by atoms with van der Waals surface area (Å²) < 4.78 is 11.5. The van der Waals surface area contributed by atoms with Crippen LogP contribution in [0.4, 0.5) is 0 Å². The molecule has 3 rings (SSSR count). The summed E-state index contributed by atoms with van der Waals surface area (Å²) in [5.74, 6) is 1.76. The quantitative estimate of drug-likeness (QED) is 0.814. The van der Waals surface area contributed by atoms with E-state index in [1.807, 2.05) is 30.3 Å². The zero-order chi connectivity index (χ0) is 19.1. The minimum Gasteiger partial charge on any atom is -0.481 e. The molecule has 1 N–H and O–H groups in total. The van der Waals surface area contributed by atoms with Crippen LogP contribution in [0.3, 0.4) is 0 Å². The first-order valence-electron chi connectivity index (χ1n) is 9.33. The molecule has 0 unspecified atom stereocenters. The number of nitrogens with zero attached hydrogens (tertiary/aromatic N) is 1. The third-order valence-electron chi connectivity index (χ3n) is 4.77. The van der Waals surface area contributed by atoms with Gasteiger partial charge in [0.05, 0.1) is 6.07 Å². The Hall–Kier alpha value is -3.00. The van der Waals surface area contributed by atoms with Gasteiger partial charge in [-0.15, -0.1) is 0 Å². The third kappa shape index (κ3) is 5.01. The summed E-state index contributed by atoms with van der Waals surface area (Å²) in [6.07, 6.45) is 3.76. The predicted molar refractivity (Wildman–Crippen MR) is 103 cm³/mol. The molecule has 1 atom stereocenters. The van der Waals surface area contributed by atoms with Crippen molar-refractivity contribution in [2.24, 2.45) is 0 Å². The van der Waals surface area contributed by atoms with Crippen LogP contribution in [0.2, 0.25) is 0 Å². The lowest BCUT2D eigenvalue weighted by atomic mass is 9.83. The monoisotopic (exact) mass is 364 g/mol. The van der Waals surface area contributed by atoms with Gasteiger partial charge in [-0.05, 0) is 56.2 Å². The summed E-state index contributed by atoms with van der Waals surface area (Å²) in [6, 6.07) is 18.9. The van der Waals surface area contributed by atoms with E-state index in [1.54, 1.807) is 31.2 Å². The molecule has 1 aliphatic rings. The Morgan fingerprint density at radius 2 is 1.59 bits per heavy atom. The van der Waals surface area contributed by atoms with Crippen LogP contribution in [0.25, 0.3) is 0 Å². The van der Waals surface area contributed by atoms with Gasteiger partial charge in [-0.25, -0.2) is 0 Å². The Morgan fingerprint density at radius 3 is 2.22 bits per heavy atom. The van der Waals surface area contributed by atoms with Gasteiger partial charge < -0.3 is 14.8 Å². The molecule has 0 spiro atoms. The molecule has 27 heavy (non-hydrogen) atoms. The highest BCUT2D eigenvalue weighted by Gasteiger charge is 2.35. The molecule has 2 aromatic rings. The summed E-state index contributed by atoms with van der Waals surface area (Å²) in [5, 5.41) is 12.4. The van der Waals surface area contributed by atoms with Crippen LogP contribution in [0.15, 0.2) is 54.6 Å². The van der Waals surface area contributed by atoms with Gasteiger partial charge >= 0.3 is 0 Å². The highest BCUT2D eigenvalue weighted by molar-refractivity contribution is 5.82. The molecule has 1 aliphatic carbocycles. The molecule has 0 saturated heterocycles. The maximum Gasteiger partial charge on any atom is 0.262 e. The van der Waals surface area contributed by atoms with Gasteiger partial charge in [0, 0.05) is 0 Å². The Bertz CT molecular complexity index is 791. The number of ether oxygens (including phenoxy) is 2. The normalized spacial score (nSPS) is 16.6. The average Bonchev–Trinajstić information content (AvgIpc) is 2.71. The number of benzene rings is 2. The van der Waals surface area contributed by atoms with Crippen molar-refractivity contribution < 1.29 is 14.3 Å². The van der Waals surface area contributed by atoms with Crippen molar-refractivity contribution in [1.29, 1.82) is 5.26 Å². The van der Waals surface area contributed by atoms with E-state index >= 15 is 0 Å². The van der Waals surface area contributed by atoms with E-state index in [1.165, 1.54) is 0 Å². The van der Waals surface area contributed by atoms with Crippen molar-refractivity contribution in [3.8, 4) is 23.3 Å². The summed E-state index contributed by atoms with van der Waals surface area (Å²) in [7, 11) is 0. The average molecular weight is 364 g/mol. The number of hydrogen-bond acceptors (Lipinski definition) is 4. The van der Waals surface area contributed by atoms with Gasteiger partial charge in [0.25, 0.3) is 5.91 Å². The molecule has 2 aromatic carbocycles. The van der Waals surface area contributed by atoms with E-state index in [0.29, 0.717) is 24.3 Å². The lowest BCUT2D eigenvalue weighted by Gasteiger charge is -2.32. The van der Waals surface area contributed by atoms with E-state index in [-0.39, 0.29) is 5.91 Å². The molecule has 1 amide bonds. The van der Waals surface area contributed by atoms with Gasteiger partial charge in [-0.1, -0.05) is 37.5 Å². The molecular weight excluding hydrogens is 340 g/mol. The topological polar surface area (TPSA) is 71.3 Å². The highest BCUT2D eigenvalue weighted by Crippen LogP contribution is 2.28. The van der Waals surface area contributed by atoms with Crippen molar-refractivity contribution in [3.05, 3.63) is 54.6 Å². The SMILES string of the molecule is C[C@@H](Oc1ccc(Oc2ccccc2)cc1)C(=O)NC1(C#N)CCCCC1. The second-order valence-corrected chi connectivity index (χ2v) is 6.89. The Balaban J connectivity index is 1.56. The molecule has 0 aliphatic heterocycles. The second-order valence-electron chi connectivity index (χ2n) is 6.89. The van der Waals surface area contributed by atoms with E-state index < -0.39 is 11.6 Å². The maximum absolute atomic E-state index is 12.5.